The third-order valence-electron chi connectivity index (χ3n) is 2.22. The van der Waals surface area contributed by atoms with Crippen molar-refractivity contribution in [2.45, 2.75) is 62.8 Å². The normalized spacial score (nSPS) is 11.9. The maximum absolute atomic E-state index is 11.6. The topological polar surface area (TPSA) is 37.3 Å². The fourth-order valence-electron chi connectivity index (χ4n) is 1.33. The molecule has 13 heavy (non-hydrogen) atoms. The third-order valence-corrected chi connectivity index (χ3v) is 6.48. The standard InChI is InChI=1S/C10H23AsO2/c1-3-5-7-9-11(12,13)10-8-6-4-2/h3-10H2,1-2H3,(H,12,13). The molecule has 80 valence electrons. The molecule has 0 aliphatic carbocycles. The van der Waals surface area contributed by atoms with E-state index in [1.165, 1.54) is 0 Å². The second-order valence-electron chi connectivity index (χ2n) is 3.71. The van der Waals surface area contributed by atoms with Crippen LogP contribution < -0.4 is 0 Å². The maximum atomic E-state index is 11.6. The summed E-state index contributed by atoms with van der Waals surface area (Å²) in [6, 6.07) is 0. The Labute approximate surface area is 84.8 Å². The first-order valence-corrected chi connectivity index (χ1v) is 9.69. The molecule has 3 heteroatoms. The quantitative estimate of drug-likeness (QED) is 0.530. The Hall–Kier alpha value is 0.318. The van der Waals surface area contributed by atoms with Crippen molar-refractivity contribution < 1.29 is 7.84 Å². The van der Waals surface area contributed by atoms with Crippen molar-refractivity contribution in [1.29, 1.82) is 0 Å². The molecule has 0 unspecified atom stereocenters. The molecule has 0 fully saturated rings. The van der Waals surface area contributed by atoms with Gasteiger partial charge in [-0.2, -0.15) is 0 Å². The molecule has 0 saturated heterocycles. The van der Waals surface area contributed by atoms with Gasteiger partial charge in [-0.1, -0.05) is 0 Å². The Balaban J connectivity index is 3.49. The molecule has 0 heterocycles. The molecule has 0 aliphatic heterocycles. The molecule has 1 N–H and O–H groups in total. The van der Waals surface area contributed by atoms with Gasteiger partial charge in [0.05, 0.1) is 0 Å². The van der Waals surface area contributed by atoms with E-state index in [4.69, 9.17) is 0 Å². The van der Waals surface area contributed by atoms with Gasteiger partial charge < -0.3 is 0 Å². The second kappa shape index (κ2) is 7.70. The molecule has 0 aromatic rings. The van der Waals surface area contributed by atoms with Crippen LogP contribution in [0.15, 0.2) is 0 Å². The summed E-state index contributed by atoms with van der Waals surface area (Å²) in [6.07, 6.45) is 6.33. The first-order chi connectivity index (χ1) is 6.12. The first kappa shape index (κ1) is 13.3. The SMILES string of the molecule is CCCCC[As](=O)(O)CCCCC. The average Bonchev–Trinajstić information content (AvgIpc) is 2.05. The summed E-state index contributed by atoms with van der Waals surface area (Å²) in [5.74, 6) is 0. The van der Waals surface area contributed by atoms with Crippen LogP contribution in [0, 0.1) is 0 Å². The van der Waals surface area contributed by atoms with E-state index >= 15 is 0 Å². The van der Waals surface area contributed by atoms with Crippen molar-refractivity contribution in [3.8, 4) is 0 Å². The summed E-state index contributed by atoms with van der Waals surface area (Å²) in [5, 5.41) is 1.19. The number of rotatable bonds is 8. The van der Waals surface area contributed by atoms with Crippen LogP contribution in [0.1, 0.15) is 52.4 Å². The van der Waals surface area contributed by atoms with Crippen LogP contribution in [0.25, 0.3) is 0 Å². The summed E-state index contributed by atoms with van der Waals surface area (Å²) in [6.45, 7) is 4.23. The molecule has 0 spiro atoms. The fraction of sp³-hybridized carbons (Fsp3) is 1.00. The number of hydrogen-bond acceptors (Lipinski definition) is 1. The molecule has 0 rings (SSSR count). The van der Waals surface area contributed by atoms with Crippen LogP contribution >= 0.6 is 0 Å². The molecular formula is C10H23AsO2. The van der Waals surface area contributed by atoms with Crippen LogP contribution in [-0.2, 0) is 3.74 Å². The van der Waals surface area contributed by atoms with Crippen molar-refractivity contribution >= 4 is 13.8 Å². The zero-order valence-electron chi connectivity index (χ0n) is 8.96. The molecule has 0 amide bonds. The van der Waals surface area contributed by atoms with Gasteiger partial charge in [-0.15, -0.1) is 0 Å². The van der Waals surface area contributed by atoms with Crippen molar-refractivity contribution in [3.63, 3.8) is 0 Å². The van der Waals surface area contributed by atoms with E-state index in [9.17, 15) is 7.84 Å². The minimum atomic E-state index is -3.36. The van der Waals surface area contributed by atoms with E-state index in [-0.39, 0.29) is 0 Å². The molecule has 0 bridgehead atoms. The summed E-state index contributed by atoms with van der Waals surface area (Å²) >= 11 is -3.36. The Kier molecular flexibility index (Phi) is 7.89. The van der Waals surface area contributed by atoms with Gasteiger partial charge in [0.1, 0.15) is 0 Å². The van der Waals surface area contributed by atoms with Crippen molar-refractivity contribution in [1.82, 2.24) is 0 Å². The zero-order valence-corrected chi connectivity index (χ0v) is 10.8. The predicted octanol–water partition coefficient (Wildman–Crippen LogP) is 3.23. The predicted molar refractivity (Wildman–Crippen MR) is 57.3 cm³/mol. The van der Waals surface area contributed by atoms with Gasteiger partial charge >= 0.3 is 84.5 Å². The fourth-order valence-corrected chi connectivity index (χ4v) is 4.81. The summed E-state index contributed by atoms with van der Waals surface area (Å²) < 4.78 is 21.2. The zero-order chi connectivity index (χ0) is 10.2. The Morgan fingerprint density at radius 1 is 0.923 bits per heavy atom. The molecule has 0 radical (unpaired) electrons. The minimum absolute atomic E-state index is 0.593. The van der Waals surface area contributed by atoms with Crippen LogP contribution in [-0.4, -0.2) is 17.9 Å². The van der Waals surface area contributed by atoms with Gasteiger partial charge in [0.2, 0.25) is 0 Å². The summed E-state index contributed by atoms with van der Waals surface area (Å²) in [5.41, 5.74) is 0. The van der Waals surface area contributed by atoms with Gasteiger partial charge in [0.25, 0.3) is 0 Å². The Bertz CT molecular complexity index is 143. The van der Waals surface area contributed by atoms with Gasteiger partial charge in [-0.05, 0) is 0 Å². The van der Waals surface area contributed by atoms with E-state index in [1.54, 1.807) is 0 Å². The van der Waals surface area contributed by atoms with Crippen LogP contribution in [0.5, 0.6) is 0 Å². The van der Waals surface area contributed by atoms with Crippen molar-refractivity contribution in [2.75, 3.05) is 0 Å². The molecule has 0 saturated carbocycles. The average molecular weight is 250 g/mol. The summed E-state index contributed by atoms with van der Waals surface area (Å²) in [7, 11) is 0. The van der Waals surface area contributed by atoms with Crippen molar-refractivity contribution in [3.05, 3.63) is 0 Å². The van der Waals surface area contributed by atoms with Gasteiger partial charge in [0, 0.05) is 0 Å². The molecule has 0 aliphatic rings. The van der Waals surface area contributed by atoms with E-state index in [1.807, 2.05) is 0 Å². The van der Waals surface area contributed by atoms with E-state index < -0.39 is 13.8 Å². The van der Waals surface area contributed by atoms with Gasteiger partial charge in [-0.25, -0.2) is 0 Å². The van der Waals surface area contributed by atoms with Gasteiger partial charge in [0.15, 0.2) is 0 Å². The third kappa shape index (κ3) is 8.64. The molecule has 0 aromatic heterocycles. The van der Waals surface area contributed by atoms with Crippen LogP contribution in [0.3, 0.4) is 0 Å². The summed E-state index contributed by atoms with van der Waals surface area (Å²) in [4.78, 5) is 0. The van der Waals surface area contributed by atoms with Gasteiger partial charge in [-0.3, -0.25) is 0 Å². The molecule has 0 aromatic carbocycles. The molecule has 2 nitrogen and oxygen atoms in total. The van der Waals surface area contributed by atoms with E-state index in [0.717, 1.165) is 38.5 Å². The van der Waals surface area contributed by atoms with Crippen LogP contribution in [0.2, 0.25) is 10.4 Å². The van der Waals surface area contributed by atoms with E-state index in [0.29, 0.717) is 10.4 Å². The van der Waals surface area contributed by atoms with E-state index in [2.05, 4.69) is 13.8 Å². The Morgan fingerprint density at radius 3 is 1.62 bits per heavy atom. The van der Waals surface area contributed by atoms with Crippen molar-refractivity contribution in [2.24, 2.45) is 0 Å². The van der Waals surface area contributed by atoms with Crippen LogP contribution in [0.4, 0.5) is 0 Å². The second-order valence-corrected chi connectivity index (χ2v) is 9.14. The molecule has 0 atom stereocenters. The Morgan fingerprint density at radius 2 is 1.31 bits per heavy atom. The monoisotopic (exact) mass is 250 g/mol. The number of hydrogen-bond donors (Lipinski definition) is 1. The first-order valence-electron chi connectivity index (χ1n) is 5.43. The number of unbranched alkanes of at least 4 members (excludes halogenated alkanes) is 4. The molecular weight excluding hydrogens is 227 g/mol.